The maximum Gasteiger partial charge on any atom is 0.203 e. The number of hydrogen-bond donors (Lipinski definition) is 1. The van der Waals surface area contributed by atoms with Crippen LogP contribution in [0.15, 0.2) is 36.7 Å². The van der Waals surface area contributed by atoms with Gasteiger partial charge in [0.2, 0.25) is 5.95 Å². The van der Waals surface area contributed by atoms with Gasteiger partial charge in [0.15, 0.2) is 0 Å². The van der Waals surface area contributed by atoms with E-state index >= 15 is 0 Å². The van der Waals surface area contributed by atoms with E-state index in [2.05, 4.69) is 53.0 Å². The summed E-state index contributed by atoms with van der Waals surface area (Å²) in [5.74, 6) is 0.972. The third kappa shape index (κ3) is 3.60. The molecule has 102 valence electrons. The number of nitrogens with zero attached hydrogens (tertiary/aromatic N) is 2. The molecule has 0 saturated carbocycles. The van der Waals surface area contributed by atoms with Crippen molar-refractivity contribution in [3.05, 3.63) is 47.8 Å². The van der Waals surface area contributed by atoms with Crippen LogP contribution in [0.1, 0.15) is 37.8 Å². The standard InChI is InChI=1S/C16H23N3/c1-3-5-10-17-16-18-11-12-19(16)13-15-9-7-6-8-14(15)4-2/h6-9,11-12H,3-5,10,13H2,1-2H3,(H,17,18). The SMILES string of the molecule is CCCCNc1nccn1Cc1ccccc1CC. The largest absolute Gasteiger partial charge is 0.356 e. The van der Waals surface area contributed by atoms with Gasteiger partial charge in [-0.2, -0.15) is 0 Å². The Hall–Kier alpha value is -1.77. The van der Waals surface area contributed by atoms with Crippen molar-refractivity contribution >= 4 is 5.95 Å². The molecular formula is C16H23N3. The van der Waals surface area contributed by atoms with Gasteiger partial charge in [-0.25, -0.2) is 4.98 Å². The maximum absolute atomic E-state index is 4.39. The molecule has 3 nitrogen and oxygen atoms in total. The van der Waals surface area contributed by atoms with E-state index in [0.29, 0.717) is 0 Å². The van der Waals surface area contributed by atoms with E-state index in [1.54, 1.807) is 0 Å². The first-order valence-electron chi connectivity index (χ1n) is 7.17. The highest BCUT2D eigenvalue weighted by Gasteiger charge is 2.05. The molecule has 1 aromatic carbocycles. The Morgan fingerprint density at radius 2 is 1.95 bits per heavy atom. The van der Waals surface area contributed by atoms with Crippen LogP contribution in [0.3, 0.4) is 0 Å². The zero-order chi connectivity index (χ0) is 13.5. The van der Waals surface area contributed by atoms with Gasteiger partial charge in [0.05, 0.1) is 6.54 Å². The highest BCUT2D eigenvalue weighted by Crippen LogP contribution is 2.14. The number of aryl methyl sites for hydroxylation is 1. The number of aromatic nitrogens is 2. The van der Waals surface area contributed by atoms with Crippen LogP contribution in [0.25, 0.3) is 0 Å². The lowest BCUT2D eigenvalue weighted by atomic mass is 10.1. The molecule has 0 saturated heterocycles. The molecule has 2 aromatic rings. The van der Waals surface area contributed by atoms with Gasteiger partial charge in [0.1, 0.15) is 0 Å². The Morgan fingerprint density at radius 1 is 1.16 bits per heavy atom. The summed E-state index contributed by atoms with van der Waals surface area (Å²) in [5.41, 5.74) is 2.79. The molecule has 0 atom stereocenters. The minimum Gasteiger partial charge on any atom is -0.356 e. The van der Waals surface area contributed by atoms with E-state index in [9.17, 15) is 0 Å². The molecule has 1 heterocycles. The fourth-order valence-corrected chi connectivity index (χ4v) is 2.22. The van der Waals surface area contributed by atoms with Crippen LogP contribution in [-0.4, -0.2) is 16.1 Å². The second-order valence-electron chi connectivity index (χ2n) is 4.78. The van der Waals surface area contributed by atoms with E-state index < -0.39 is 0 Å². The third-order valence-electron chi connectivity index (χ3n) is 3.37. The van der Waals surface area contributed by atoms with Gasteiger partial charge in [-0.1, -0.05) is 44.5 Å². The maximum atomic E-state index is 4.39. The molecule has 0 bridgehead atoms. The average Bonchev–Trinajstić information content (AvgIpc) is 2.87. The van der Waals surface area contributed by atoms with Gasteiger partial charge in [-0.05, 0) is 24.0 Å². The summed E-state index contributed by atoms with van der Waals surface area (Å²) < 4.78 is 2.18. The fourth-order valence-electron chi connectivity index (χ4n) is 2.22. The molecule has 1 N–H and O–H groups in total. The van der Waals surface area contributed by atoms with E-state index in [1.807, 2.05) is 12.4 Å². The normalized spacial score (nSPS) is 10.6. The van der Waals surface area contributed by atoms with Crippen LogP contribution in [0, 0.1) is 0 Å². The summed E-state index contributed by atoms with van der Waals surface area (Å²) in [6.45, 7) is 6.28. The Morgan fingerprint density at radius 3 is 2.68 bits per heavy atom. The summed E-state index contributed by atoms with van der Waals surface area (Å²) >= 11 is 0. The highest BCUT2D eigenvalue weighted by molar-refractivity contribution is 5.31. The fraction of sp³-hybridized carbons (Fsp3) is 0.438. The van der Waals surface area contributed by atoms with E-state index in [4.69, 9.17) is 0 Å². The van der Waals surface area contributed by atoms with Crippen LogP contribution >= 0.6 is 0 Å². The van der Waals surface area contributed by atoms with Crippen molar-refractivity contribution in [2.24, 2.45) is 0 Å². The van der Waals surface area contributed by atoms with Crippen LogP contribution in [-0.2, 0) is 13.0 Å². The number of rotatable bonds is 7. The van der Waals surface area contributed by atoms with Gasteiger partial charge < -0.3 is 9.88 Å². The van der Waals surface area contributed by atoms with E-state index in [-0.39, 0.29) is 0 Å². The minimum absolute atomic E-state index is 0.887. The molecule has 0 unspecified atom stereocenters. The van der Waals surface area contributed by atoms with Crippen molar-refractivity contribution in [2.45, 2.75) is 39.7 Å². The van der Waals surface area contributed by atoms with Crippen molar-refractivity contribution in [3.63, 3.8) is 0 Å². The van der Waals surface area contributed by atoms with Crippen molar-refractivity contribution < 1.29 is 0 Å². The van der Waals surface area contributed by atoms with Crippen LogP contribution in [0.5, 0.6) is 0 Å². The molecule has 0 amide bonds. The summed E-state index contributed by atoms with van der Waals surface area (Å²) in [6, 6.07) is 8.62. The quantitative estimate of drug-likeness (QED) is 0.766. The van der Waals surface area contributed by atoms with Crippen molar-refractivity contribution in [2.75, 3.05) is 11.9 Å². The zero-order valence-electron chi connectivity index (χ0n) is 11.9. The van der Waals surface area contributed by atoms with Crippen molar-refractivity contribution in [1.29, 1.82) is 0 Å². The molecule has 0 spiro atoms. The lowest BCUT2D eigenvalue weighted by Gasteiger charge is -2.12. The number of unbranched alkanes of at least 4 members (excludes halogenated alkanes) is 1. The number of imidazole rings is 1. The van der Waals surface area contributed by atoms with Gasteiger partial charge >= 0.3 is 0 Å². The lowest BCUT2D eigenvalue weighted by Crippen LogP contribution is -2.10. The summed E-state index contributed by atoms with van der Waals surface area (Å²) in [7, 11) is 0. The van der Waals surface area contributed by atoms with Gasteiger partial charge in [0, 0.05) is 18.9 Å². The molecule has 3 heteroatoms. The topological polar surface area (TPSA) is 29.9 Å². The number of nitrogens with one attached hydrogen (secondary N) is 1. The smallest absolute Gasteiger partial charge is 0.203 e. The van der Waals surface area contributed by atoms with E-state index in [1.165, 1.54) is 24.0 Å². The first kappa shape index (κ1) is 13.7. The Kier molecular flexibility index (Phi) is 5.01. The van der Waals surface area contributed by atoms with Crippen molar-refractivity contribution in [1.82, 2.24) is 9.55 Å². The number of benzene rings is 1. The second-order valence-corrected chi connectivity index (χ2v) is 4.78. The predicted molar refractivity (Wildman–Crippen MR) is 80.5 cm³/mol. The Bertz CT molecular complexity index is 502. The van der Waals surface area contributed by atoms with Gasteiger partial charge in [-0.3, -0.25) is 0 Å². The molecule has 0 aliphatic heterocycles. The predicted octanol–water partition coefficient (Wildman–Crippen LogP) is 3.71. The zero-order valence-corrected chi connectivity index (χ0v) is 11.9. The number of hydrogen-bond acceptors (Lipinski definition) is 2. The van der Waals surface area contributed by atoms with Gasteiger partial charge in [-0.15, -0.1) is 0 Å². The summed E-state index contributed by atoms with van der Waals surface area (Å²) in [6.07, 6.45) is 7.36. The van der Waals surface area contributed by atoms with E-state index in [0.717, 1.165) is 25.5 Å². The monoisotopic (exact) mass is 257 g/mol. The Balaban J connectivity index is 2.08. The van der Waals surface area contributed by atoms with Crippen molar-refractivity contribution in [3.8, 4) is 0 Å². The van der Waals surface area contributed by atoms with Crippen LogP contribution < -0.4 is 5.32 Å². The minimum atomic E-state index is 0.887. The van der Waals surface area contributed by atoms with Crippen LogP contribution in [0.2, 0.25) is 0 Å². The molecule has 0 aliphatic rings. The van der Waals surface area contributed by atoms with Crippen LogP contribution in [0.4, 0.5) is 5.95 Å². The van der Waals surface area contributed by atoms with Gasteiger partial charge in [0.25, 0.3) is 0 Å². The molecular weight excluding hydrogens is 234 g/mol. The summed E-state index contributed by atoms with van der Waals surface area (Å²) in [4.78, 5) is 4.39. The first-order valence-corrected chi connectivity index (χ1v) is 7.17. The lowest BCUT2D eigenvalue weighted by molar-refractivity contribution is 0.769. The first-order chi connectivity index (χ1) is 9.35. The molecule has 0 radical (unpaired) electrons. The molecule has 0 aliphatic carbocycles. The Labute approximate surface area is 115 Å². The average molecular weight is 257 g/mol. The molecule has 1 aromatic heterocycles. The third-order valence-corrected chi connectivity index (χ3v) is 3.37. The molecule has 2 rings (SSSR count). The molecule has 0 fully saturated rings. The number of anilines is 1. The highest BCUT2D eigenvalue weighted by atomic mass is 15.2. The molecule has 19 heavy (non-hydrogen) atoms. The summed E-state index contributed by atoms with van der Waals surface area (Å²) in [5, 5.41) is 3.40. The second kappa shape index (κ2) is 6.98.